The second-order valence-corrected chi connectivity index (χ2v) is 4.85. The van der Waals surface area contributed by atoms with Crippen molar-refractivity contribution in [2.24, 2.45) is 0 Å². The number of aliphatic hydroxyl groups excluding tert-OH is 1. The fourth-order valence-electron chi connectivity index (χ4n) is 1.96. The molecule has 5 nitrogen and oxygen atoms in total. The van der Waals surface area contributed by atoms with Crippen molar-refractivity contribution in [2.75, 3.05) is 19.0 Å². The van der Waals surface area contributed by atoms with Crippen LogP contribution in [0.15, 0.2) is 36.7 Å². The first-order chi connectivity index (χ1) is 10.9. The number of halogens is 3. The zero-order chi connectivity index (χ0) is 16.9. The van der Waals surface area contributed by atoms with Gasteiger partial charge in [-0.1, -0.05) is 12.1 Å². The number of nitrogens with zero attached hydrogens (tertiary/aromatic N) is 2. The Hall–Kier alpha value is -2.19. The normalized spacial score (nSPS) is 12.9. The second kappa shape index (κ2) is 7.38. The average molecular weight is 327 g/mol. The smallest absolute Gasteiger partial charge is 0.387 e. The monoisotopic (exact) mass is 327 g/mol. The molecule has 0 saturated heterocycles. The molecule has 0 unspecified atom stereocenters. The van der Waals surface area contributed by atoms with E-state index in [9.17, 15) is 18.3 Å². The minimum Gasteiger partial charge on any atom is -0.387 e. The number of alkyl halides is 3. The van der Waals surface area contributed by atoms with Gasteiger partial charge in [0.15, 0.2) is 0 Å². The van der Waals surface area contributed by atoms with E-state index < -0.39 is 17.8 Å². The molecule has 0 saturated carbocycles. The zero-order valence-electron chi connectivity index (χ0n) is 12.3. The van der Waals surface area contributed by atoms with Crippen LogP contribution in [0, 0.1) is 0 Å². The Labute approximate surface area is 131 Å². The van der Waals surface area contributed by atoms with E-state index in [2.05, 4.69) is 15.3 Å². The van der Waals surface area contributed by atoms with Crippen molar-refractivity contribution in [3.8, 4) is 0 Å². The maximum absolute atomic E-state index is 12.7. The lowest BCUT2D eigenvalue weighted by molar-refractivity contribution is -0.137. The minimum atomic E-state index is -4.44. The first kappa shape index (κ1) is 17.2. The number of aromatic nitrogens is 2. The Kier molecular flexibility index (Phi) is 5.51. The lowest BCUT2D eigenvalue weighted by atomic mass is 10.1. The van der Waals surface area contributed by atoms with E-state index in [4.69, 9.17) is 4.74 Å². The van der Waals surface area contributed by atoms with Crippen LogP contribution in [0.25, 0.3) is 0 Å². The van der Waals surface area contributed by atoms with Crippen LogP contribution in [-0.4, -0.2) is 28.7 Å². The minimum absolute atomic E-state index is 0.0186. The predicted octanol–water partition coefficient (Wildman–Crippen LogP) is 2.79. The number of hydrogen-bond donors (Lipinski definition) is 2. The van der Waals surface area contributed by atoms with Crippen LogP contribution in [0.4, 0.5) is 19.0 Å². The third kappa shape index (κ3) is 4.90. The van der Waals surface area contributed by atoms with Crippen molar-refractivity contribution in [3.63, 3.8) is 0 Å². The summed E-state index contributed by atoms with van der Waals surface area (Å²) in [7, 11) is 1.53. The maximum Gasteiger partial charge on any atom is 0.416 e. The Morgan fingerprint density at radius 3 is 2.74 bits per heavy atom. The molecule has 0 aliphatic rings. The van der Waals surface area contributed by atoms with Gasteiger partial charge in [0.05, 0.1) is 24.0 Å². The summed E-state index contributed by atoms with van der Waals surface area (Å²) in [5.74, 6) is 0.457. The molecular weight excluding hydrogens is 311 g/mol. The number of nitrogens with one attached hydrogen (secondary N) is 1. The topological polar surface area (TPSA) is 67.3 Å². The number of methoxy groups -OCH3 is 1. The molecule has 1 aromatic carbocycles. The highest BCUT2D eigenvalue weighted by Crippen LogP contribution is 2.30. The van der Waals surface area contributed by atoms with Crippen molar-refractivity contribution < 1.29 is 23.0 Å². The highest BCUT2D eigenvalue weighted by atomic mass is 19.4. The number of ether oxygens (including phenoxy) is 1. The van der Waals surface area contributed by atoms with Crippen LogP contribution < -0.4 is 5.32 Å². The summed E-state index contributed by atoms with van der Waals surface area (Å²) < 4.78 is 43.0. The standard InChI is InChI=1S/C15H16F3N3O2/c1-23-8-12-6-14(21-9-20-12)19-7-13(22)10-3-2-4-11(5-10)15(16,17)18/h2-6,9,13,22H,7-8H2,1H3,(H,19,20,21)/t13-/m0/s1. The van der Waals surface area contributed by atoms with Crippen molar-refractivity contribution in [2.45, 2.75) is 18.9 Å². The average Bonchev–Trinajstić information content (AvgIpc) is 2.53. The van der Waals surface area contributed by atoms with Gasteiger partial charge in [-0.3, -0.25) is 0 Å². The fraction of sp³-hybridized carbons (Fsp3) is 0.333. The van der Waals surface area contributed by atoms with Crippen LogP contribution in [0.5, 0.6) is 0 Å². The molecule has 2 aromatic rings. The summed E-state index contributed by atoms with van der Waals surface area (Å²) in [6.07, 6.45) is -4.20. The molecule has 2 N–H and O–H groups in total. The van der Waals surface area contributed by atoms with Crippen LogP contribution in [0.2, 0.25) is 0 Å². The molecule has 0 radical (unpaired) electrons. The molecule has 0 fully saturated rings. The zero-order valence-corrected chi connectivity index (χ0v) is 12.3. The van der Waals surface area contributed by atoms with Crippen LogP contribution >= 0.6 is 0 Å². The summed E-state index contributed by atoms with van der Waals surface area (Å²) in [5.41, 5.74) is 0.0375. The van der Waals surface area contributed by atoms with Crippen molar-refractivity contribution in [1.82, 2.24) is 9.97 Å². The first-order valence-corrected chi connectivity index (χ1v) is 6.79. The number of anilines is 1. The highest BCUT2D eigenvalue weighted by Gasteiger charge is 2.30. The molecule has 0 amide bonds. The SMILES string of the molecule is COCc1cc(NC[C@H](O)c2cccc(C(F)(F)F)c2)ncn1. The van der Waals surface area contributed by atoms with Gasteiger partial charge in [0, 0.05) is 19.7 Å². The van der Waals surface area contributed by atoms with Crippen molar-refractivity contribution in [3.05, 3.63) is 53.5 Å². The van der Waals surface area contributed by atoms with Crippen molar-refractivity contribution in [1.29, 1.82) is 0 Å². The molecule has 0 bridgehead atoms. The molecule has 2 rings (SSSR count). The highest BCUT2D eigenvalue weighted by molar-refractivity contribution is 5.36. The summed E-state index contributed by atoms with van der Waals surface area (Å²) in [6, 6.07) is 6.25. The number of aliphatic hydroxyl groups is 1. The molecule has 23 heavy (non-hydrogen) atoms. The molecule has 0 spiro atoms. The van der Waals surface area contributed by atoms with Gasteiger partial charge in [0.25, 0.3) is 0 Å². The van der Waals surface area contributed by atoms with Gasteiger partial charge in [-0.2, -0.15) is 13.2 Å². The third-order valence-corrected chi connectivity index (χ3v) is 3.09. The van der Waals surface area contributed by atoms with Gasteiger partial charge in [-0.15, -0.1) is 0 Å². The summed E-state index contributed by atoms with van der Waals surface area (Å²) >= 11 is 0. The predicted molar refractivity (Wildman–Crippen MR) is 77.6 cm³/mol. The summed E-state index contributed by atoms with van der Waals surface area (Å²) in [5, 5.41) is 12.9. The van der Waals surface area contributed by atoms with E-state index in [0.29, 0.717) is 18.1 Å². The van der Waals surface area contributed by atoms with Gasteiger partial charge < -0.3 is 15.2 Å². The Morgan fingerprint density at radius 2 is 2.04 bits per heavy atom. The maximum atomic E-state index is 12.7. The second-order valence-electron chi connectivity index (χ2n) is 4.85. The van der Waals surface area contributed by atoms with Gasteiger partial charge >= 0.3 is 6.18 Å². The van der Waals surface area contributed by atoms with Crippen LogP contribution in [-0.2, 0) is 17.5 Å². The molecule has 1 atom stereocenters. The summed E-state index contributed by atoms with van der Waals surface area (Å²) in [6.45, 7) is 0.331. The van der Waals surface area contributed by atoms with E-state index in [1.54, 1.807) is 6.07 Å². The molecule has 1 heterocycles. The Balaban J connectivity index is 2.02. The quantitative estimate of drug-likeness (QED) is 0.854. The lowest BCUT2D eigenvalue weighted by Gasteiger charge is -2.15. The van der Waals surface area contributed by atoms with E-state index in [1.165, 1.54) is 25.6 Å². The van der Waals surface area contributed by atoms with E-state index >= 15 is 0 Å². The number of hydrogen-bond acceptors (Lipinski definition) is 5. The lowest BCUT2D eigenvalue weighted by Crippen LogP contribution is -2.14. The van der Waals surface area contributed by atoms with E-state index in [0.717, 1.165) is 12.1 Å². The Bertz CT molecular complexity index is 650. The molecule has 8 heteroatoms. The van der Waals surface area contributed by atoms with Gasteiger partial charge in [0.1, 0.15) is 12.1 Å². The van der Waals surface area contributed by atoms with Gasteiger partial charge in [-0.25, -0.2) is 9.97 Å². The van der Waals surface area contributed by atoms with Crippen LogP contribution in [0.3, 0.4) is 0 Å². The van der Waals surface area contributed by atoms with E-state index in [1.807, 2.05) is 0 Å². The molecule has 0 aliphatic carbocycles. The number of rotatable bonds is 6. The van der Waals surface area contributed by atoms with Crippen LogP contribution in [0.1, 0.15) is 22.9 Å². The third-order valence-electron chi connectivity index (χ3n) is 3.09. The van der Waals surface area contributed by atoms with Gasteiger partial charge in [-0.05, 0) is 17.7 Å². The number of benzene rings is 1. The summed E-state index contributed by atoms with van der Waals surface area (Å²) in [4.78, 5) is 7.96. The molecule has 1 aromatic heterocycles. The Morgan fingerprint density at radius 1 is 1.26 bits per heavy atom. The van der Waals surface area contributed by atoms with E-state index in [-0.39, 0.29) is 12.1 Å². The fourth-order valence-corrected chi connectivity index (χ4v) is 1.96. The molecular formula is C15H16F3N3O2. The first-order valence-electron chi connectivity index (χ1n) is 6.79. The molecule has 124 valence electrons. The largest absolute Gasteiger partial charge is 0.416 e. The molecule has 0 aliphatic heterocycles. The van der Waals surface area contributed by atoms with Crippen molar-refractivity contribution >= 4 is 5.82 Å². The van der Waals surface area contributed by atoms with Gasteiger partial charge in [0.2, 0.25) is 0 Å².